The van der Waals surface area contributed by atoms with Gasteiger partial charge in [0, 0.05) is 19.1 Å². The lowest BCUT2D eigenvalue weighted by molar-refractivity contribution is -0.135. The van der Waals surface area contributed by atoms with Crippen molar-refractivity contribution in [3.63, 3.8) is 0 Å². The van der Waals surface area contributed by atoms with E-state index in [1.54, 1.807) is 7.11 Å². The van der Waals surface area contributed by atoms with Gasteiger partial charge < -0.3 is 14.2 Å². The SMILES string of the molecule is COc1ccccc1-c1nnc(SCC(=O)N(C2CCCCC2)C2CCCCC2)n1C. The maximum atomic E-state index is 13.4. The van der Waals surface area contributed by atoms with Crippen LogP contribution in [0, 0.1) is 0 Å². The van der Waals surface area contributed by atoms with Crippen molar-refractivity contribution in [3.05, 3.63) is 24.3 Å². The maximum Gasteiger partial charge on any atom is 0.233 e. The Kier molecular flexibility index (Phi) is 7.54. The molecule has 6 nitrogen and oxygen atoms in total. The van der Waals surface area contributed by atoms with Gasteiger partial charge in [-0.3, -0.25) is 4.79 Å². The number of methoxy groups -OCH3 is 1. The van der Waals surface area contributed by atoms with Gasteiger partial charge in [0.15, 0.2) is 11.0 Å². The molecule has 1 aromatic heterocycles. The lowest BCUT2D eigenvalue weighted by atomic mass is 9.88. The molecule has 4 rings (SSSR count). The van der Waals surface area contributed by atoms with E-state index in [4.69, 9.17) is 4.74 Å². The lowest BCUT2D eigenvalue weighted by Crippen LogP contribution is -2.49. The number of para-hydroxylation sites is 1. The standard InChI is InChI=1S/C24H34N4O2S/c1-27-23(20-15-9-10-16-21(20)30-2)25-26-24(27)31-17-22(29)28(18-11-5-3-6-12-18)19-13-7-4-8-14-19/h9-10,15-16,18-19H,3-8,11-14,17H2,1-2H3. The first-order valence-corrected chi connectivity index (χ1v) is 12.6. The number of thioether (sulfide) groups is 1. The highest BCUT2D eigenvalue weighted by molar-refractivity contribution is 7.99. The van der Waals surface area contributed by atoms with Crippen LogP contribution in [0.3, 0.4) is 0 Å². The third-order valence-electron chi connectivity index (χ3n) is 6.73. The molecule has 1 amide bonds. The molecule has 0 aliphatic heterocycles. The summed E-state index contributed by atoms with van der Waals surface area (Å²) in [6.45, 7) is 0. The molecule has 2 aliphatic rings. The molecule has 2 fully saturated rings. The number of ether oxygens (including phenoxy) is 1. The second-order valence-corrected chi connectivity index (χ2v) is 9.68. The molecule has 2 aliphatic carbocycles. The van der Waals surface area contributed by atoms with Crippen molar-refractivity contribution in [1.82, 2.24) is 19.7 Å². The number of hydrogen-bond acceptors (Lipinski definition) is 5. The van der Waals surface area contributed by atoms with E-state index in [0.717, 1.165) is 48.0 Å². The summed E-state index contributed by atoms with van der Waals surface area (Å²) in [4.78, 5) is 15.7. The summed E-state index contributed by atoms with van der Waals surface area (Å²) < 4.78 is 7.44. The van der Waals surface area contributed by atoms with Gasteiger partial charge in [0.25, 0.3) is 0 Å². The summed E-state index contributed by atoms with van der Waals surface area (Å²) in [6.07, 6.45) is 12.3. The number of nitrogens with zero attached hydrogens (tertiary/aromatic N) is 4. The molecule has 7 heteroatoms. The molecule has 0 radical (unpaired) electrons. The van der Waals surface area contributed by atoms with Crippen LogP contribution in [-0.2, 0) is 11.8 Å². The number of benzene rings is 1. The second-order valence-electron chi connectivity index (χ2n) is 8.74. The normalized spacial score (nSPS) is 18.1. The minimum absolute atomic E-state index is 0.269. The van der Waals surface area contributed by atoms with Crippen LogP contribution in [0.4, 0.5) is 0 Å². The van der Waals surface area contributed by atoms with Gasteiger partial charge in [-0.1, -0.05) is 62.4 Å². The van der Waals surface area contributed by atoms with E-state index in [1.807, 2.05) is 35.9 Å². The Morgan fingerprint density at radius 3 is 2.26 bits per heavy atom. The third-order valence-corrected chi connectivity index (χ3v) is 7.74. The van der Waals surface area contributed by atoms with Crippen LogP contribution in [0.5, 0.6) is 5.75 Å². The number of carbonyl (C=O) groups excluding carboxylic acids is 1. The summed E-state index contributed by atoms with van der Waals surface area (Å²) in [5, 5.41) is 9.52. The molecule has 0 unspecified atom stereocenters. The molecule has 0 spiro atoms. The minimum Gasteiger partial charge on any atom is -0.496 e. The van der Waals surface area contributed by atoms with Crippen LogP contribution in [0.15, 0.2) is 29.4 Å². The highest BCUT2D eigenvalue weighted by atomic mass is 32.2. The molecule has 0 bridgehead atoms. The van der Waals surface area contributed by atoms with Gasteiger partial charge in [-0.15, -0.1) is 10.2 Å². The monoisotopic (exact) mass is 442 g/mol. The first kappa shape index (κ1) is 22.2. The smallest absolute Gasteiger partial charge is 0.233 e. The van der Waals surface area contributed by atoms with Gasteiger partial charge in [-0.05, 0) is 37.8 Å². The van der Waals surface area contributed by atoms with Crippen LogP contribution in [0.25, 0.3) is 11.4 Å². The van der Waals surface area contributed by atoms with Crippen LogP contribution < -0.4 is 4.74 Å². The predicted octanol–water partition coefficient (Wildman–Crippen LogP) is 5.08. The molecule has 2 aromatic rings. The quantitative estimate of drug-likeness (QED) is 0.560. The number of amides is 1. The van der Waals surface area contributed by atoms with Crippen molar-refractivity contribution in [1.29, 1.82) is 0 Å². The Bertz CT molecular complexity index is 854. The average molecular weight is 443 g/mol. The van der Waals surface area contributed by atoms with Gasteiger partial charge in [-0.25, -0.2) is 0 Å². The highest BCUT2D eigenvalue weighted by Gasteiger charge is 2.32. The van der Waals surface area contributed by atoms with Crippen LogP contribution >= 0.6 is 11.8 Å². The van der Waals surface area contributed by atoms with Crippen molar-refractivity contribution in [3.8, 4) is 17.1 Å². The van der Waals surface area contributed by atoms with Crippen LogP contribution in [-0.4, -0.2) is 50.5 Å². The van der Waals surface area contributed by atoms with E-state index in [0.29, 0.717) is 17.8 Å². The van der Waals surface area contributed by atoms with E-state index >= 15 is 0 Å². The minimum atomic E-state index is 0.269. The Labute approximate surface area is 189 Å². The topological polar surface area (TPSA) is 60.3 Å². The van der Waals surface area contributed by atoms with Crippen LogP contribution in [0.2, 0.25) is 0 Å². The van der Waals surface area contributed by atoms with Gasteiger partial charge in [0.2, 0.25) is 5.91 Å². The summed E-state index contributed by atoms with van der Waals surface area (Å²) in [6, 6.07) is 8.66. The zero-order chi connectivity index (χ0) is 21.6. The zero-order valence-electron chi connectivity index (χ0n) is 18.8. The average Bonchev–Trinajstić information content (AvgIpc) is 3.19. The third kappa shape index (κ3) is 5.08. The van der Waals surface area contributed by atoms with Gasteiger partial charge in [-0.2, -0.15) is 0 Å². The molecule has 2 saturated carbocycles. The molecule has 0 saturated heterocycles. The summed E-state index contributed by atoms with van der Waals surface area (Å²) >= 11 is 1.50. The van der Waals surface area contributed by atoms with E-state index in [-0.39, 0.29) is 5.91 Å². The summed E-state index contributed by atoms with van der Waals surface area (Å²) in [7, 11) is 3.61. The van der Waals surface area contributed by atoms with E-state index in [2.05, 4.69) is 15.1 Å². The highest BCUT2D eigenvalue weighted by Crippen LogP contribution is 2.33. The molecule has 1 aromatic carbocycles. The molecule has 1 heterocycles. The lowest BCUT2D eigenvalue weighted by Gasteiger charge is -2.41. The summed E-state index contributed by atoms with van der Waals surface area (Å²) in [5.74, 6) is 2.21. The van der Waals surface area contributed by atoms with Gasteiger partial charge >= 0.3 is 0 Å². The molecule has 168 valence electrons. The van der Waals surface area contributed by atoms with E-state index in [9.17, 15) is 4.79 Å². The molecule has 0 atom stereocenters. The number of hydrogen-bond donors (Lipinski definition) is 0. The van der Waals surface area contributed by atoms with Crippen molar-refractivity contribution < 1.29 is 9.53 Å². The molecular weight excluding hydrogens is 408 g/mol. The Morgan fingerprint density at radius 2 is 1.65 bits per heavy atom. The first-order chi connectivity index (χ1) is 15.2. The Morgan fingerprint density at radius 1 is 1.03 bits per heavy atom. The number of aromatic nitrogens is 3. The van der Waals surface area contributed by atoms with Crippen molar-refractivity contribution in [2.75, 3.05) is 12.9 Å². The van der Waals surface area contributed by atoms with E-state index < -0.39 is 0 Å². The summed E-state index contributed by atoms with van der Waals surface area (Å²) in [5.41, 5.74) is 0.907. The largest absolute Gasteiger partial charge is 0.496 e. The maximum absolute atomic E-state index is 13.4. The molecular formula is C24H34N4O2S. The van der Waals surface area contributed by atoms with Gasteiger partial charge in [0.05, 0.1) is 18.4 Å². The zero-order valence-corrected chi connectivity index (χ0v) is 19.6. The van der Waals surface area contributed by atoms with Crippen molar-refractivity contribution in [2.45, 2.75) is 81.4 Å². The second kappa shape index (κ2) is 10.5. The Balaban J connectivity index is 1.47. The van der Waals surface area contributed by atoms with Gasteiger partial charge in [0.1, 0.15) is 5.75 Å². The van der Waals surface area contributed by atoms with E-state index in [1.165, 1.54) is 50.3 Å². The molecule has 31 heavy (non-hydrogen) atoms. The predicted molar refractivity (Wildman–Crippen MR) is 124 cm³/mol. The van der Waals surface area contributed by atoms with Crippen molar-refractivity contribution >= 4 is 17.7 Å². The molecule has 0 N–H and O–H groups in total. The fourth-order valence-electron chi connectivity index (χ4n) is 5.13. The fraction of sp³-hybridized carbons (Fsp3) is 0.625. The fourth-order valence-corrected chi connectivity index (χ4v) is 5.91. The van der Waals surface area contributed by atoms with Crippen molar-refractivity contribution in [2.24, 2.45) is 7.05 Å². The first-order valence-electron chi connectivity index (χ1n) is 11.7. The Hall–Kier alpha value is -2.02. The number of carbonyl (C=O) groups is 1. The van der Waals surface area contributed by atoms with Crippen LogP contribution in [0.1, 0.15) is 64.2 Å². The number of rotatable bonds is 7.